The van der Waals surface area contributed by atoms with E-state index in [2.05, 4.69) is 5.16 Å². The van der Waals surface area contributed by atoms with Crippen LogP contribution in [0.1, 0.15) is 16.1 Å². The van der Waals surface area contributed by atoms with E-state index in [1.54, 1.807) is 41.7 Å². The van der Waals surface area contributed by atoms with E-state index in [1.807, 2.05) is 47.8 Å². The molecule has 0 aliphatic carbocycles. The van der Waals surface area contributed by atoms with Crippen LogP contribution in [0.2, 0.25) is 0 Å². The zero-order valence-electron chi connectivity index (χ0n) is 14.2. The smallest absolute Gasteiger partial charge is 0.342 e. The predicted octanol–water partition coefficient (Wildman–Crippen LogP) is 5.55. The van der Waals surface area contributed by atoms with Crippen LogP contribution >= 0.6 is 11.3 Å². The Bertz CT molecular complexity index is 1030. The van der Waals surface area contributed by atoms with Crippen molar-refractivity contribution in [1.29, 1.82) is 0 Å². The molecule has 27 heavy (non-hydrogen) atoms. The van der Waals surface area contributed by atoms with Gasteiger partial charge in [0.15, 0.2) is 5.76 Å². The third-order valence-electron chi connectivity index (χ3n) is 3.75. The molecule has 0 saturated carbocycles. The van der Waals surface area contributed by atoms with Crippen molar-refractivity contribution >= 4 is 17.3 Å². The van der Waals surface area contributed by atoms with Crippen LogP contribution in [0.5, 0.6) is 11.5 Å². The molecule has 4 rings (SSSR count). The number of rotatable bonds is 6. The van der Waals surface area contributed by atoms with Gasteiger partial charge in [0.1, 0.15) is 29.4 Å². The SMILES string of the molecule is O=C(OCc1cc(-c2cccs2)on1)c1ccccc1Oc1ccccc1. The normalized spacial score (nSPS) is 10.5. The number of hydrogen-bond donors (Lipinski definition) is 0. The van der Waals surface area contributed by atoms with Crippen molar-refractivity contribution in [3.8, 4) is 22.1 Å². The fourth-order valence-electron chi connectivity index (χ4n) is 2.47. The Hall–Kier alpha value is -3.38. The summed E-state index contributed by atoms with van der Waals surface area (Å²) in [5, 5.41) is 5.91. The van der Waals surface area contributed by atoms with Crippen molar-refractivity contribution in [3.63, 3.8) is 0 Å². The number of aromatic nitrogens is 1. The van der Waals surface area contributed by atoms with E-state index in [9.17, 15) is 4.79 Å². The van der Waals surface area contributed by atoms with E-state index in [-0.39, 0.29) is 6.61 Å². The van der Waals surface area contributed by atoms with Crippen molar-refractivity contribution < 1.29 is 18.8 Å². The number of esters is 1. The lowest BCUT2D eigenvalue weighted by Gasteiger charge is -2.10. The maximum absolute atomic E-state index is 12.5. The van der Waals surface area contributed by atoms with Gasteiger partial charge in [-0.1, -0.05) is 41.6 Å². The highest BCUT2D eigenvalue weighted by Gasteiger charge is 2.16. The quantitative estimate of drug-likeness (QED) is 0.412. The van der Waals surface area contributed by atoms with Crippen LogP contribution in [0.3, 0.4) is 0 Å². The average Bonchev–Trinajstić information content (AvgIpc) is 3.39. The fraction of sp³-hybridized carbons (Fsp3) is 0.0476. The van der Waals surface area contributed by atoms with Crippen molar-refractivity contribution in [2.75, 3.05) is 0 Å². The number of para-hydroxylation sites is 2. The molecule has 0 spiro atoms. The number of thiophene rings is 1. The molecule has 0 bridgehead atoms. The number of carbonyl (C=O) groups excluding carboxylic acids is 1. The topological polar surface area (TPSA) is 61.6 Å². The van der Waals surface area contributed by atoms with Gasteiger partial charge >= 0.3 is 5.97 Å². The molecular weight excluding hydrogens is 362 g/mol. The average molecular weight is 377 g/mol. The summed E-state index contributed by atoms with van der Waals surface area (Å²) in [5.74, 6) is 1.26. The van der Waals surface area contributed by atoms with Crippen LogP contribution in [-0.4, -0.2) is 11.1 Å². The summed E-state index contributed by atoms with van der Waals surface area (Å²) < 4.78 is 16.5. The first-order valence-electron chi connectivity index (χ1n) is 8.28. The Morgan fingerprint density at radius 1 is 1.00 bits per heavy atom. The molecular formula is C21H15NO4S. The highest BCUT2D eigenvalue weighted by molar-refractivity contribution is 7.13. The molecule has 6 heteroatoms. The first kappa shape index (κ1) is 17.1. The summed E-state index contributed by atoms with van der Waals surface area (Å²) in [4.78, 5) is 13.5. The van der Waals surface area contributed by atoms with Crippen LogP contribution in [-0.2, 0) is 11.3 Å². The van der Waals surface area contributed by atoms with Gasteiger partial charge in [-0.15, -0.1) is 11.3 Å². The standard InChI is InChI=1S/C21H15NO4S/c23-21(24-14-15-13-19(26-22-15)20-11-6-12-27-20)17-9-4-5-10-18(17)25-16-7-2-1-3-8-16/h1-13H,14H2. The zero-order valence-corrected chi connectivity index (χ0v) is 15.0. The Morgan fingerprint density at radius 2 is 1.81 bits per heavy atom. The Kier molecular flexibility index (Phi) is 4.98. The Morgan fingerprint density at radius 3 is 2.63 bits per heavy atom. The summed E-state index contributed by atoms with van der Waals surface area (Å²) in [5.41, 5.74) is 0.900. The van der Waals surface area contributed by atoms with E-state index < -0.39 is 5.97 Å². The molecule has 2 aromatic carbocycles. The van der Waals surface area contributed by atoms with Crippen LogP contribution < -0.4 is 4.74 Å². The van der Waals surface area contributed by atoms with Gasteiger partial charge in [0.05, 0.1) is 4.88 Å². The molecule has 0 radical (unpaired) electrons. The third kappa shape index (κ3) is 4.07. The van der Waals surface area contributed by atoms with Gasteiger partial charge in [-0.25, -0.2) is 4.79 Å². The largest absolute Gasteiger partial charge is 0.456 e. The Balaban J connectivity index is 1.44. The second kappa shape index (κ2) is 7.88. The number of benzene rings is 2. The van der Waals surface area contributed by atoms with E-state index in [4.69, 9.17) is 14.0 Å². The maximum atomic E-state index is 12.5. The van der Waals surface area contributed by atoms with Gasteiger partial charge in [0, 0.05) is 6.07 Å². The van der Waals surface area contributed by atoms with Gasteiger partial charge in [-0.05, 0) is 35.7 Å². The molecule has 2 aromatic heterocycles. The molecule has 0 atom stereocenters. The summed E-state index contributed by atoms with van der Waals surface area (Å²) in [7, 11) is 0. The first-order chi connectivity index (χ1) is 13.3. The van der Waals surface area contributed by atoms with Crippen LogP contribution in [0.4, 0.5) is 0 Å². The zero-order chi connectivity index (χ0) is 18.5. The molecule has 0 amide bonds. The molecule has 0 aliphatic rings. The number of nitrogens with zero attached hydrogens (tertiary/aromatic N) is 1. The lowest BCUT2D eigenvalue weighted by Crippen LogP contribution is -2.07. The van der Waals surface area contributed by atoms with Crippen molar-refractivity contribution in [3.05, 3.63) is 89.4 Å². The number of carbonyl (C=O) groups is 1. The van der Waals surface area contributed by atoms with E-state index in [0.29, 0.717) is 28.5 Å². The lowest BCUT2D eigenvalue weighted by molar-refractivity contribution is 0.0461. The number of hydrogen-bond acceptors (Lipinski definition) is 6. The predicted molar refractivity (Wildman–Crippen MR) is 102 cm³/mol. The number of ether oxygens (including phenoxy) is 2. The second-order valence-electron chi connectivity index (χ2n) is 5.65. The van der Waals surface area contributed by atoms with Gasteiger partial charge < -0.3 is 14.0 Å². The molecule has 134 valence electrons. The molecule has 5 nitrogen and oxygen atoms in total. The van der Waals surface area contributed by atoms with Crippen LogP contribution in [0, 0.1) is 0 Å². The second-order valence-corrected chi connectivity index (χ2v) is 6.59. The summed E-state index contributed by atoms with van der Waals surface area (Å²) in [6.07, 6.45) is 0. The molecule has 4 aromatic rings. The molecule has 0 unspecified atom stereocenters. The molecule has 0 N–H and O–H groups in total. The van der Waals surface area contributed by atoms with E-state index in [0.717, 1.165) is 4.88 Å². The van der Waals surface area contributed by atoms with Gasteiger partial charge in [-0.3, -0.25) is 0 Å². The highest BCUT2D eigenvalue weighted by Crippen LogP contribution is 2.27. The minimum atomic E-state index is -0.484. The molecule has 2 heterocycles. The maximum Gasteiger partial charge on any atom is 0.342 e. The van der Waals surface area contributed by atoms with Gasteiger partial charge in [-0.2, -0.15) is 0 Å². The third-order valence-corrected chi connectivity index (χ3v) is 4.64. The van der Waals surface area contributed by atoms with Crippen molar-refractivity contribution in [2.24, 2.45) is 0 Å². The molecule has 0 aliphatic heterocycles. The fourth-order valence-corrected chi connectivity index (χ4v) is 3.14. The molecule has 0 saturated heterocycles. The van der Waals surface area contributed by atoms with Gasteiger partial charge in [0.2, 0.25) is 0 Å². The summed E-state index contributed by atoms with van der Waals surface area (Å²) in [6.45, 7) is 0.0212. The summed E-state index contributed by atoms with van der Waals surface area (Å²) >= 11 is 1.56. The minimum absolute atomic E-state index is 0.0212. The van der Waals surface area contributed by atoms with E-state index in [1.165, 1.54) is 0 Å². The highest BCUT2D eigenvalue weighted by atomic mass is 32.1. The van der Waals surface area contributed by atoms with Gasteiger partial charge in [0.25, 0.3) is 0 Å². The van der Waals surface area contributed by atoms with Crippen molar-refractivity contribution in [2.45, 2.75) is 6.61 Å². The monoisotopic (exact) mass is 377 g/mol. The van der Waals surface area contributed by atoms with Crippen LogP contribution in [0.25, 0.3) is 10.6 Å². The minimum Gasteiger partial charge on any atom is -0.456 e. The molecule has 0 fully saturated rings. The van der Waals surface area contributed by atoms with Crippen molar-refractivity contribution in [1.82, 2.24) is 5.16 Å². The van der Waals surface area contributed by atoms with Crippen LogP contribution in [0.15, 0.2) is 82.7 Å². The lowest BCUT2D eigenvalue weighted by atomic mass is 10.2. The first-order valence-corrected chi connectivity index (χ1v) is 9.16. The summed E-state index contributed by atoms with van der Waals surface area (Å²) in [6, 6.07) is 21.9. The Labute approximate surface area is 159 Å². The van der Waals surface area contributed by atoms with E-state index >= 15 is 0 Å².